The van der Waals surface area contributed by atoms with Gasteiger partial charge in [-0.2, -0.15) is 0 Å². The number of nitrogens with one attached hydrogen (secondary N) is 1. The monoisotopic (exact) mass is 410 g/mol. The Morgan fingerprint density at radius 1 is 1.40 bits per heavy atom. The molecule has 0 aliphatic heterocycles. The molecule has 1 aromatic heterocycles. The predicted octanol–water partition coefficient (Wildman–Crippen LogP) is 3.32. The highest BCUT2D eigenvalue weighted by Crippen LogP contribution is 2.17. The van der Waals surface area contributed by atoms with E-state index in [1.165, 1.54) is 17.8 Å². The van der Waals surface area contributed by atoms with Crippen LogP contribution < -0.4 is 5.32 Å². The largest absolute Gasteiger partial charge is 0.375 e. The van der Waals surface area contributed by atoms with Crippen molar-refractivity contribution in [1.29, 1.82) is 0 Å². The second-order valence-electron chi connectivity index (χ2n) is 5.82. The maximum atomic E-state index is 13.1. The van der Waals surface area contributed by atoms with Crippen LogP contribution in [0.1, 0.15) is 17.4 Å². The van der Waals surface area contributed by atoms with Gasteiger partial charge >= 0.3 is 0 Å². The summed E-state index contributed by atoms with van der Waals surface area (Å²) in [5.74, 6) is 0.511. The highest BCUT2D eigenvalue weighted by Gasteiger charge is 2.14. The van der Waals surface area contributed by atoms with Crippen LogP contribution in [0.2, 0.25) is 0 Å². The van der Waals surface area contributed by atoms with Gasteiger partial charge in [0.2, 0.25) is 0 Å². The number of nitrogens with zero attached hydrogens (tertiary/aromatic N) is 3. The second-order valence-corrected chi connectivity index (χ2v) is 6.74. The van der Waals surface area contributed by atoms with Gasteiger partial charge in [0.1, 0.15) is 5.82 Å². The van der Waals surface area contributed by atoms with Crippen molar-refractivity contribution in [1.82, 2.24) is 14.8 Å². The summed E-state index contributed by atoms with van der Waals surface area (Å²) in [4.78, 5) is 6.37. The van der Waals surface area contributed by atoms with Crippen LogP contribution in [0.3, 0.4) is 0 Å². The normalized spacial score (nSPS) is 13.0. The van der Waals surface area contributed by atoms with Gasteiger partial charge in [-0.05, 0) is 39.7 Å². The van der Waals surface area contributed by atoms with Crippen LogP contribution in [0.4, 0.5) is 4.39 Å². The van der Waals surface area contributed by atoms with E-state index in [4.69, 9.17) is 4.74 Å². The van der Waals surface area contributed by atoms with Gasteiger partial charge in [0.25, 0.3) is 0 Å². The Labute approximate surface area is 156 Å². The molecule has 1 aromatic carbocycles. The zero-order chi connectivity index (χ0) is 18.4. The lowest BCUT2D eigenvalue weighted by Gasteiger charge is -2.24. The third-order valence-corrected chi connectivity index (χ3v) is 4.45. The van der Waals surface area contributed by atoms with Gasteiger partial charge in [-0.3, -0.25) is 4.99 Å². The van der Waals surface area contributed by atoms with E-state index in [-0.39, 0.29) is 11.9 Å². The van der Waals surface area contributed by atoms with Crippen molar-refractivity contribution in [3.05, 3.63) is 58.1 Å². The van der Waals surface area contributed by atoms with Gasteiger partial charge in [0, 0.05) is 51.2 Å². The summed E-state index contributed by atoms with van der Waals surface area (Å²) < 4.78 is 21.7. The van der Waals surface area contributed by atoms with Gasteiger partial charge < -0.3 is 19.5 Å². The average molecular weight is 411 g/mol. The van der Waals surface area contributed by atoms with Crippen LogP contribution in [0, 0.1) is 5.82 Å². The van der Waals surface area contributed by atoms with Crippen LogP contribution in [-0.2, 0) is 18.3 Å². The molecule has 0 amide bonds. The average Bonchev–Trinajstić information content (AvgIpc) is 2.90. The molecule has 0 radical (unpaired) electrons. The Balaban J connectivity index is 1.98. The number of methoxy groups -OCH3 is 1. The van der Waals surface area contributed by atoms with Crippen molar-refractivity contribution < 1.29 is 9.13 Å². The zero-order valence-corrected chi connectivity index (χ0v) is 16.5. The summed E-state index contributed by atoms with van der Waals surface area (Å²) in [5, 5.41) is 3.32. The van der Waals surface area contributed by atoms with Crippen LogP contribution in [0.25, 0.3) is 0 Å². The number of hydrogen-bond donors (Lipinski definition) is 1. The molecule has 0 aliphatic carbocycles. The summed E-state index contributed by atoms with van der Waals surface area (Å²) in [6, 6.07) is 8.43. The molecule has 1 unspecified atom stereocenters. The standard InChI is InChI=1S/C18H24BrFN4O/c1-21-18(24(3)12-16-9-14(19)11-23(16)2)22-10-17(25-4)13-5-7-15(20)8-6-13/h5-9,11,17H,10,12H2,1-4H3,(H,21,22). The minimum atomic E-state index is -0.254. The van der Waals surface area contributed by atoms with E-state index in [0.29, 0.717) is 6.54 Å². The molecule has 0 saturated carbocycles. The molecule has 2 rings (SSSR count). The molecule has 2 aromatic rings. The maximum absolute atomic E-state index is 13.1. The lowest BCUT2D eigenvalue weighted by Crippen LogP contribution is -2.40. The molecule has 5 nitrogen and oxygen atoms in total. The van der Waals surface area contributed by atoms with Crippen LogP contribution >= 0.6 is 15.9 Å². The summed E-state index contributed by atoms with van der Waals surface area (Å²) >= 11 is 3.49. The van der Waals surface area contributed by atoms with Gasteiger partial charge in [-0.15, -0.1) is 0 Å². The second kappa shape index (κ2) is 9.01. The molecule has 25 heavy (non-hydrogen) atoms. The Bertz CT molecular complexity index is 714. The number of benzene rings is 1. The topological polar surface area (TPSA) is 41.8 Å². The van der Waals surface area contributed by atoms with Crippen molar-refractivity contribution in [2.75, 3.05) is 27.7 Å². The predicted molar refractivity (Wildman–Crippen MR) is 102 cm³/mol. The lowest BCUT2D eigenvalue weighted by molar-refractivity contribution is 0.106. The highest BCUT2D eigenvalue weighted by molar-refractivity contribution is 9.10. The van der Waals surface area contributed by atoms with Gasteiger partial charge in [-0.1, -0.05) is 12.1 Å². The summed E-state index contributed by atoms with van der Waals surface area (Å²) in [5.41, 5.74) is 2.08. The zero-order valence-electron chi connectivity index (χ0n) is 15.0. The van der Waals surface area contributed by atoms with Gasteiger partial charge in [0.05, 0.1) is 12.6 Å². The fraction of sp³-hybridized carbons (Fsp3) is 0.389. The summed E-state index contributed by atoms with van der Waals surface area (Å²) in [6.07, 6.45) is 1.84. The first-order valence-corrected chi connectivity index (χ1v) is 8.74. The molecule has 1 atom stereocenters. The maximum Gasteiger partial charge on any atom is 0.193 e. The molecule has 1 heterocycles. The molecule has 1 N–H and O–H groups in total. The minimum absolute atomic E-state index is 0.185. The Morgan fingerprint density at radius 3 is 2.60 bits per heavy atom. The lowest BCUT2D eigenvalue weighted by atomic mass is 10.1. The van der Waals surface area contributed by atoms with Crippen LogP contribution in [-0.4, -0.2) is 43.2 Å². The molecule has 0 saturated heterocycles. The van der Waals surface area contributed by atoms with Crippen molar-refractivity contribution in [3.63, 3.8) is 0 Å². The number of aryl methyl sites for hydroxylation is 1. The van der Waals surface area contributed by atoms with Crippen molar-refractivity contribution in [3.8, 4) is 0 Å². The van der Waals surface area contributed by atoms with Crippen molar-refractivity contribution in [2.45, 2.75) is 12.6 Å². The summed E-state index contributed by atoms with van der Waals surface area (Å²) in [6.45, 7) is 1.26. The van der Waals surface area contributed by atoms with E-state index < -0.39 is 0 Å². The van der Waals surface area contributed by atoms with E-state index in [1.54, 1.807) is 26.3 Å². The molecular formula is C18H24BrFN4O. The Hall–Kier alpha value is -1.86. The summed E-state index contributed by atoms with van der Waals surface area (Å²) in [7, 11) is 7.39. The fourth-order valence-electron chi connectivity index (χ4n) is 2.62. The number of hydrogen-bond acceptors (Lipinski definition) is 2. The van der Waals surface area contributed by atoms with Crippen molar-refractivity contribution in [2.24, 2.45) is 12.0 Å². The SMILES string of the molecule is CN=C(NCC(OC)c1ccc(F)cc1)N(C)Cc1cc(Br)cn1C. The molecule has 0 bridgehead atoms. The molecular weight excluding hydrogens is 387 g/mol. The number of aromatic nitrogens is 1. The number of halogens is 2. The first kappa shape index (κ1) is 19.5. The highest BCUT2D eigenvalue weighted by atomic mass is 79.9. The van der Waals surface area contributed by atoms with E-state index in [1.807, 2.05) is 25.2 Å². The molecule has 0 aliphatic rings. The first-order valence-electron chi connectivity index (χ1n) is 7.95. The van der Waals surface area contributed by atoms with Gasteiger partial charge in [0.15, 0.2) is 5.96 Å². The Morgan fingerprint density at radius 2 is 2.08 bits per heavy atom. The number of rotatable bonds is 6. The molecule has 7 heteroatoms. The number of guanidine groups is 1. The van der Waals surface area contributed by atoms with E-state index in [2.05, 4.69) is 36.9 Å². The van der Waals surface area contributed by atoms with E-state index in [0.717, 1.165) is 22.5 Å². The molecule has 0 fully saturated rings. The van der Waals surface area contributed by atoms with E-state index >= 15 is 0 Å². The van der Waals surface area contributed by atoms with Crippen LogP contribution in [0.5, 0.6) is 0 Å². The van der Waals surface area contributed by atoms with Gasteiger partial charge in [-0.25, -0.2) is 4.39 Å². The van der Waals surface area contributed by atoms with Crippen molar-refractivity contribution >= 4 is 21.9 Å². The molecule has 136 valence electrons. The van der Waals surface area contributed by atoms with Crippen LogP contribution in [0.15, 0.2) is 46.0 Å². The number of aliphatic imine (C=N–C) groups is 1. The third kappa shape index (κ3) is 5.31. The quantitative estimate of drug-likeness (QED) is 0.586. The Kier molecular flexibility index (Phi) is 7.01. The molecule has 0 spiro atoms. The third-order valence-electron chi connectivity index (χ3n) is 4.02. The smallest absolute Gasteiger partial charge is 0.193 e. The number of ether oxygens (including phenoxy) is 1. The van der Waals surface area contributed by atoms with E-state index in [9.17, 15) is 4.39 Å². The fourth-order valence-corrected chi connectivity index (χ4v) is 3.20. The first-order chi connectivity index (χ1) is 11.9. The minimum Gasteiger partial charge on any atom is -0.375 e.